The number of H-pyrrole nitrogens is 1. The van der Waals surface area contributed by atoms with Gasteiger partial charge in [0, 0.05) is 5.56 Å². The van der Waals surface area contributed by atoms with Gasteiger partial charge in [-0.2, -0.15) is 14.9 Å². The fraction of sp³-hybridized carbons (Fsp3) is 0.0455. The molecule has 0 saturated carbocycles. The van der Waals surface area contributed by atoms with Gasteiger partial charge in [-0.3, -0.25) is 0 Å². The fourth-order valence-corrected chi connectivity index (χ4v) is 2.93. The van der Waals surface area contributed by atoms with E-state index in [1.165, 1.54) is 0 Å². The largest absolute Gasteiger partial charge is 0.497 e. The molecule has 0 bridgehead atoms. The zero-order chi connectivity index (χ0) is 20.1. The maximum absolute atomic E-state index is 5.88. The van der Waals surface area contributed by atoms with Gasteiger partial charge < -0.3 is 9.47 Å². The summed E-state index contributed by atoms with van der Waals surface area (Å²) in [5.74, 6) is 2.84. The van der Waals surface area contributed by atoms with Crippen LogP contribution < -0.4 is 9.47 Å². The van der Waals surface area contributed by atoms with Crippen LogP contribution in [0.5, 0.6) is 17.2 Å². The van der Waals surface area contributed by atoms with Crippen LogP contribution in [0.25, 0.3) is 11.4 Å². The fourth-order valence-electron chi connectivity index (χ4n) is 2.76. The van der Waals surface area contributed by atoms with Gasteiger partial charge in [0.1, 0.15) is 17.2 Å². The molecule has 3 aromatic carbocycles. The van der Waals surface area contributed by atoms with Crippen LogP contribution >= 0.6 is 12.2 Å². The molecular weight excluding hydrogens is 384 g/mol. The van der Waals surface area contributed by atoms with Crippen molar-refractivity contribution in [1.29, 1.82) is 0 Å². The zero-order valence-electron chi connectivity index (χ0n) is 15.6. The van der Waals surface area contributed by atoms with Crippen molar-refractivity contribution in [3.8, 4) is 28.6 Å². The van der Waals surface area contributed by atoms with E-state index < -0.39 is 0 Å². The summed E-state index contributed by atoms with van der Waals surface area (Å²) in [6.07, 6.45) is 1.72. The van der Waals surface area contributed by atoms with E-state index in [2.05, 4.69) is 15.3 Å². The maximum atomic E-state index is 5.88. The number of ether oxygens (including phenoxy) is 2. The van der Waals surface area contributed by atoms with Crippen LogP contribution in [0.4, 0.5) is 0 Å². The van der Waals surface area contributed by atoms with Crippen LogP contribution in [0.3, 0.4) is 0 Å². The summed E-state index contributed by atoms with van der Waals surface area (Å²) < 4.78 is 13.1. The first-order chi connectivity index (χ1) is 14.2. The Morgan fingerprint density at radius 1 is 0.931 bits per heavy atom. The standard InChI is InChI=1S/C22H18N4O2S/c1-27-19-11-6-8-17(14-19)21-24-25-22(29)26(21)23-15-16-7-5-12-20(13-16)28-18-9-3-2-4-10-18/h2-15H,1H3,(H,25,29). The third-order valence-corrected chi connectivity index (χ3v) is 4.40. The van der Waals surface area contributed by atoms with E-state index in [4.69, 9.17) is 21.7 Å². The Morgan fingerprint density at radius 3 is 2.52 bits per heavy atom. The van der Waals surface area contributed by atoms with E-state index in [-0.39, 0.29) is 0 Å². The molecule has 1 N–H and O–H groups in total. The van der Waals surface area contributed by atoms with Gasteiger partial charge in [-0.15, -0.1) is 0 Å². The summed E-state index contributed by atoms with van der Waals surface area (Å²) in [5.41, 5.74) is 1.72. The van der Waals surface area contributed by atoms with Crippen LogP contribution in [0, 0.1) is 4.77 Å². The van der Waals surface area contributed by atoms with Gasteiger partial charge in [-0.25, -0.2) is 5.10 Å². The lowest BCUT2D eigenvalue weighted by molar-refractivity contribution is 0.415. The van der Waals surface area contributed by atoms with Gasteiger partial charge in [0.15, 0.2) is 5.82 Å². The van der Waals surface area contributed by atoms with Gasteiger partial charge in [-0.05, 0) is 54.2 Å². The molecule has 0 aliphatic rings. The predicted molar refractivity (Wildman–Crippen MR) is 115 cm³/mol. The lowest BCUT2D eigenvalue weighted by Crippen LogP contribution is -1.96. The lowest BCUT2D eigenvalue weighted by atomic mass is 10.2. The number of hydrogen-bond donors (Lipinski definition) is 1. The molecule has 4 aromatic rings. The first-order valence-electron chi connectivity index (χ1n) is 8.92. The van der Waals surface area contributed by atoms with Gasteiger partial charge in [0.05, 0.1) is 13.3 Å². The van der Waals surface area contributed by atoms with E-state index in [1.807, 2.05) is 78.9 Å². The van der Waals surface area contributed by atoms with Crippen molar-refractivity contribution in [3.63, 3.8) is 0 Å². The first-order valence-corrected chi connectivity index (χ1v) is 9.33. The summed E-state index contributed by atoms with van der Waals surface area (Å²) >= 11 is 5.34. The van der Waals surface area contributed by atoms with E-state index in [0.29, 0.717) is 10.6 Å². The molecular formula is C22H18N4O2S. The SMILES string of the molecule is COc1cccc(-c2n[nH]c(=S)n2N=Cc2cccc(Oc3ccccc3)c2)c1. The average Bonchev–Trinajstić information content (AvgIpc) is 3.13. The number of hydrogen-bond acceptors (Lipinski definition) is 5. The highest BCUT2D eigenvalue weighted by molar-refractivity contribution is 7.71. The molecule has 4 rings (SSSR count). The summed E-state index contributed by atoms with van der Waals surface area (Å²) in [5, 5.41) is 11.6. The molecule has 0 amide bonds. The Balaban J connectivity index is 1.61. The second-order valence-corrected chi connectivity index (χ2v) is 6.51. The number of rotatable bonds is 6. The molecule has 0 radical (unpaired) electrons. The van der Waals surface area contributed by atoms with Crippen molar-refractivity contribution < 1.29 is 9.47 Å². The van der Waals surface area contributed by atoms with Crippen LogP contribution in [-0.2, 0) is 0 Å². The molecule has 0 aliphatic carbocycles. The minimum Gasteiger partial charge on any atom is -0.497 e. The molecule has 29 heavy (non-hydrogen) atoms. The van der Waals surface area contributed by atoms with Gasteiger partial charge in [0.25, 0.3) is 0 Å². The normalized spacial score (nSPS) is 10.9. The number of nitrogens with one attached hydrogen (secondary N) is 1. The van der Waals surface area contributed by atoms with Gasteiger partial charge in [-0.1, -0.05) is 42.5 Å². The molecule has 7 heteroatoms. The first kappa shape index (κ1) is 18.6. The summed E-state index contributed by atoms with van der Waals surface area (Å²) in [4.78, 5) is 0. The molecule has 0 atom stereocenters. The molecule has 1 heterocycles. The molecule has 0 spiro atoms. The van der Waals surface area contributed by atoms with Crippen molar-refractivity contribution in [3.05, 3.63) is 89.2 Å². The van der Waals surface area contributed by atoms with E-state index >= 15 is 0 Å². The highest BCUT2D eigenvalue weighted by Crippen LogP contribution is 2.23. The minimum atomic E-state index is 0.399. The van der Waals surface area contributed by atoms with Gasteiger partial charge in [0.2, 0.25) is 4.77 Å². The smallest absolute Gasteiger partial charge is 0.216 e. The monoisotopic (exact) mass is 402 g/mol. The Labute approximate surface area is 173 Å². The van der Waals surface area contributed by atoms with Crippen LogP contribution in [0.1, 0.15) is 5.56 Å². The molecule has 6 nitrogen and oxygen atoms in total. The van der Waals surface area contributed by atoms with E-state index in [1.54, 1.807) is 18.0 Å². The molecule has 0 saturated heterocycles. The second kappa shape index (κ2) is 8.53. The molecule has 1 aromatic heterocycles. The molecule has 144 valence electrons. The highest BCUT2D eigenvalue weighted by atomic mass is 32.1. The van der Waals surface area contributed by atoms with Crippen molar-refractivity contribution in [1.82, 2.24) is 14.9 Å². The minimum absolute atomic E-state index is 0.399. The summed E-state index contributed by atoms with van der Waals surface area (Å²) in [6, 6.07) is 24.9. The Bertz CT molecular complexity index is 1200. The van der Waals surface area contributed by atoms with Crippen molar-refractivity contribution >= 4 is 18.4 Å². The van der Waals surface area contributed by atoms with Crippen molar-refractivity contribution in [2.45, 2.75) is 0 Å². The average molecular weight is 402 g/mol. The van der Waals surface area contributed by atoms with Crippen molar-refractivity contribution in [2.75, 3.05) is 7.11 Å². The number of nitrogens with zero attached hydrogens (tertiary/aromatic N) is 3. The van der Waals surface area contributed by atoms with E-state index in [9.17, 15) is 0 Å². The Kier molecular flexibility index (Phi) is 5.49. The number of aromatic nitrogens is 3. The van der Waals surface area contributed by atoms with Crippen LogP contribution in [0.2, 0.25) is 0 Å². The molecule has 0 fully saturated rings. The molecule has 0 unspecified atom stereocenters. The number of para-hydroxylation sites is 1. The Morgan fingerprint density at radius 2 is 1.69 bits per heavy atom. The maximum Gasteiger partial charge on any atom is 0.216 e. The topological polar surface area (TPSA) is 64.4 Å². The second-order valence-electron chi connectivity index (χ2n) is 6.13. The van der Waals surface area contributed by atoms with Crippen molar-refractivity contribution in [2.24, 2.45) is 5.10 Å². The highest BCUT2D eigenvalue weighted by Gasteiger charge is 2.09. The number of aromatic amines is 1. The Hall–Kier alpha value is -3.71. The quantitative estimate of drug-likeness (QED) is 0.351. The lowest BCUT2D eigenvalue weighted by Gasteiger charge is -2.06. The van der Waals surface area contributed by atoms with Gasteiger partial charge >= 0.3 is 0 Å². The van der Waals surface area contributed by atoms with Crippen LogP contribution in [0.15, 0.2) is 84.0 Å². The molecule has 0 aliphatic heterocycles. The van der Waals surface area contributed by atoms with Crippen LogP contribution in [-0.4, -0.2) is 28.2 Å². The van der Waals surface area contributed by atoms with E-state index in [0.717, 1.165) is 28.4 Å². The number of benzene rings is 3. The predicted octanol–water partition coefficient (Wildman–Crippen LogP) is 5.29. The summed E-state index contributed by atoms with van der Waals surface area (Å²) in [6.45, 7) is 0. The third-order valence-electron chi connectivity index (χ3n) is 4.14. The zero-order valence-corrected chi connectivity index (χ0v) is 16.5. The summed E-state index contributed by atoms with van der Waals surface area (Å²) in [7, 11) is 1.62. The third kappa shape index (κ3) is 4.41. The number of methoxy groups -OCH3 is 1.